The number of fused-ring (bicyclic) bond motifs is 1. The number of esters is 1. The van der Waals surface area contributed by atoms with Crippen LogP contribution in [0.15, 0.2) is 23.0 Å². The second-order valence-electron chi connectivity index (χ2n) is 3.92. The molecule has 0 unspecified atom stereocenters. The summed E-state index contributed by atoms with van der Waals surface area (Å²) < 4.78 is 4.67. The minimum atomic E-state index is -0.561. The molecule has 1 heterocycles. The lowest BCUT2D eigenvalue weighted by Crippen LogP contribution is -2.19. The number of ether oxygens (including phenoxy) is 1. The molecule has 0 saturated heterocycles. The molecule has 5 nitrogen and oxygen atoms in total. The number of methoxy groups -OCH3 is 1. The van der Waals surface area contributed by atoms with Gasteiger partial charge in [-0.25, -0.2) is 4.79 Å². The highest BCUT2D eigenvalue weighted by Crippen LogP contribution is 2.18. The van der Waals surface area contributed by atoms with Crippen LogP contribution >= 0.6 is 0 Å². The lowest BCUT2D eigenvalue weighted by Gasteiger charge is -2.09. The van der Waals surface area contributed by atoms with Gasteiger partial charge in [0, 0.05) is 10.9 Å². The third kappa shape index (κ3) is 1.73. The van der Waals surface area contributed by atoms with Gasteiger partial charge in [0.1, 0.15) is 5.69 Å². The number of nitrogens with one attached hydrogen (secondary N) is 1. The van der Waals surface area contributed by atoms with Gasteiger partial charge in [0.05, 0.1) is 18.3 Å². The maximum Gasteiger partial charge on any atom is 0.354 e. The Morgan fingerprint density at radius 1 is 1.44 bits per heavy atom. The molecule has 2 aromatic rings. The predicted molar refractivity (Wildman–Crippen MR) is 69.7 cm³/mol. The third-order valence-corrected chi connectivity index (χ3v) is 2.91. The van der Waals surface area contributed by atoms with E-state index in [0.717, 1.165) is 0 Å². The van der Waals surface area contributed by atoms with E-state index in [2.05, 4.69) is 9.72 Å². The fourth-order valence-electron chi connectivity index (χ4n) is 1.99. The van der Waals surface area contributed by atoms with E-state index in [1.54, 1.807) is 18.2 Å². The molecule has 0 saturated carbocycles. The summed E-state index contributed by atoms with van der Waals surface area (Å²) >= 11 is 0. The molecular weight excluding hydrogens is 232 g/mol. The Bertz CT molecular complexity index is 674. The molecule has 0 aliphatic carbocycles. The minimum absolute atomic E-state index is 0.176. The SMILES string of the molecule is CCc1c(C(=O)OC)[nH]c2c(N)cccc2c1=O. The Morgan fingerprint density at radius 3 is 2.78 bits per heavy atom. The number of benzene rings is 1. The standard InChI is InChI=1S/C13H14N2O3/c1-3-7-11(13(17)18-2)15-10-8(12(7)16)5-4-6-9(10)14/h4-6H,3,14H2,1-2H3,(H,15,16). The quantitative estimate of drug-likeness (QED) is 0.620. The normalized spacial score (nSPS) is 10.6. The highest BCUT2D eigenvalue weighted by Gasteiger charge is 2.17. The second-order valence-corrected chi connectivity index (χ2v) is 3.92. The molecule has 1 aromatic carbocycles. The van der Waals surface area contributed by atoms with Crippen molar-refractivity contribution < 1.29 is 9.53 Å². The zero-order valence-corrected chi connectivity index (χ0v) is 10.2. The van der Waals surface area contributed by atoms with Crippen LogP contribution in [0.1, 0.15) is 23.0 Å². The molecule has 18 heavy (non-hydrogen) atoms. The van der Waals surface area contributed by atoms with Crippen LogP contribution in [0.2, 0.25) is 0 Å². The summed E-state index contributed by atoms with van der Waals surface area (Å²) in [5.74, 6) is -0.561. The van der Waals surface area contributed by atoms with E-state index in [0.29, 0.717) is 28.6 Å². The number of para-hydroxylation sites is 1. The third-order valence-electron chi connectivity index (χ3n) is 2.91. The first kappa shape index (κ1) is 12.2. The van der Waals surface area contributed by atoms with Crippen molar-refractivity contribution in [1.29, 1.82) is 0 Å². The average Bonchev–Trinajstić information content (AvgIpc) is 2.38. The number of nitrogens with two attached hydrogens (primary N) is 1. The Hall–Kier alpha value is -2.30. The zero-order valence-electron chi connectivity index (χ0n) is 10.2. The monoisotopic (exact) mass is 246 g/mol. The van der Waals surface area contributed by atoms with E-state index in [-0.39, 0.29) is 11.1 Å². The summed E-state index contributed by atoms with van der Waals surface area (Å²) in [6.07, 6.45) is 0.449. The number of aromatic amines is 1. The molecule has 2 rings (SSSR count). The number of pyridine rings is 1. The number of anilines is 1. The van der Waals surface area contributed by atoms with E-state index in [4.69, 9.17) is 5.73 Å². The Morgan fingerprint density at radius 2 is 2.17 bits per heavy atom. The summed E-state index contributed by atoms with van der Waals surface area (Å²) in [4.78, 5) is 26.8. The average molecular weight is 246 g/mol. The van der Waals surface area contributed by atoms with Crippen molar-refractivity contribution in [1.82, 2.24) is 4.98 Å². The summed E-state index contributed by atoms with van der Waals surface area (Å²) in [5, 5.41) is 0.486. The topological polar surface area (TPSA) is 85.2 Å². The molecule has 0 radical (unpaired) electrons. The molecule has 94 valence electrons. The van der Waals surface area contributed by atoms with Crippen molar-refractivity contribution in [3.05, 3.63) is 39.7 Å². The van der Waals surface area contributed by atoms with Crippen molar-refractivity contribution >= 4 is 22.6 Å². The molecule has 0 spiro atoms. The molecule has 0 aliphatic rings. The van der Waals surface area contributed by atoms with Crippen molar-refractivity contribution in [2.24, 2.45) is 0 Å². The number of H-pyrrole nitrogens is 1. The van der Waals surface area contributed by atoms with E-state index in [1.165, 1.54) is 7.11 Å². The van der Waals surface area contributed by atoms with E-state index < -0.39 is 5.97 Å². The van der Waals surface area contributed by atoms with E-state index in [9.17, 15) is 9.59 Å². The van der Waals surface area contributed by atoms with E-state index in [1.807, 2.05) is 6.92 Å². The van der Waals surface area contributed by atoms with E-state index >= 15 is 0 Å². The Labute approximate surface area is 104 Å². The van der Waals surface area contributed by atoms with Gasteiger partial charge in [-0.2, -0.15) is 0 Å². The largest absolute Gasteiger partial charge is 0.464 e. The second kappa shape index (κ2) is 4.52. The van der Waals surface area contributed by atoms with Crippen molar-refractivity contribution in [3.8, 4) is 0 Å². The number of carbonyl (C=O) groups excluding carboxylic acids is 1. The first-order chi connectivity index (χ1) is 8.60. The molecule has 1 aromatic heterocycles. The molecule has 0 fully saturated rings. The predicted octanol–water partition coefficient (Wildman–Crippen LogP) is 1.46. The molecule has 0 atom stereocenters. The first-order valence-corrected chi connectivity index (χ1v) is 5.61. The van der Waals surface area contributed by atoms with Gasteiger partial charge >= 0.3 is 5.97 Å². The van der Waals surface area contributed by atoms with Crippen LogP contribution in [0.25, 0.3) is 10.9 Å². The van der Waals surface area contributed by atoms with Gasteiger partial charge in [-0.1, -0.05) is 13.0 Å². The van der Waals surface area contributed by atoms with Crippen molar-refractivity contribution in [3.63, 3.8) is 0 Å². The lowest BCUT2D eigenvalue weighted by atomic mass is 10.1. The van der Waals surface area contributed by atoms with Gasteiger partial charge in [0.2, 0.25) is 0 Å². The number of hydrogen-bond donors (Lipinski definition) is 2. The number of carbonyl (C=O) groups is 1. The number of aromatic nitrogens is 1. The highest BCUT2D eigenvalue weighted by atomic mass is 16.5. The van der Waals surface area contributed by atoms with Crippen LogP contribution in [0.3, 0.4) is 0 Å². The molecular formula is C13H14N2O3. The van der Waals surface area contributed by atoms with Gasteiger partial charge in [-0.15, -0.1) is 0 Å². The van der Waals surface area contributed by atoms with Crippen LogP contribution in [0, 0.1) is 0 Å². The Kier molecular flexibility index (Phi) is 3.06. The fourth-order valence-corrected chi connectivity index (χ4v) is 1.99. The van der Waals surface area contributed by atoms with Crippen molar-refractivity contribution in [2.75, 3.05) is 12.8 Å². The fraction of sp³-hybridized carbons (Fsp3) is 0.231. The van der Waals surface area contributed by atoms with Crippen LogP contribution in [0.4, 0.5) is 5.69 Å². The molecule has 0 amide bonds. The Balaban J connectivity index is 2.91. The highest BCUT2D eigenvalue weighted by molar-refractivity contribution is 5.96. The van der Waals surface area contributed by atoms with Crippen LogP contribution in [-0.2, 0) is 11.2 Å². The van der Waals surface area contributed by atoms with Gasteiger partial charge in [-0.3, -0.25) is 4.79 Å². The number of nitrogen functional groups attached to an aromatic ring is 1. The van der Waals surface area contributed by atoms with Crippen LogP contribution in [0.5, 0.6) is 0 Å². The molecule has 0 aliphatic heterocycles. The zero-order chi connectivity index (χ0) is 13.3. The maximum absolute atomic E-state index is 12.3. The summed E-state index contributed by atoms with van der Waals surface area (Å²) in [6.45, 7) is 1.81. The number of hydrogen-bond acceptors (Lipinski definition) is 4. The maximum atomic E-state index is 12.3. The molecule has 3 N–H and O–H groups in total. The van der Waals surface area contributed by atoms with Gasteiger partial charge in [0.25, 0.3) is 0 Å². The number of rotatable bonds is 2. The summed E-state index contributed by atoms with van der Waals surface area (Å²) in [6, 6.07) is 5.07. The molecule has 0 bridgehead atoms. The smallest absolute Gasteiger partial charge is 0.354 e. The van der Waals surface area contributed by atoms with Gasteiger partial charge in [-0.05, 0) is 18.6 Å². The first-order valence-electron chi connectivity index (χ1n) is 5.61. The van der Waals surface area contributed by atoms with Gasteiger partial charge in [0.15, 0.2) is 5.43 Å². The van der Waals surface area contributed by atoms with Crippen LogP contribution < -0.4 is 11.2 Å². The van der Waals surface area contributed by atoms with Gasteiger partial charge < -0.3 is 15.5 Å². The summed E-state index contributed by atoms with van der Waals surface area (Å²) in [5.41, 5.74) is 7.12. The summed E-state index contributed by atoms with van der Waals surface area (Å²) in [7, 11) is 1.28. The molecule has 5 heteroatoms. The van der Waals surface area contributed by atoms with Crippen molar-refractivity contribution in [2.45, 2.75) is 13.3 Å². The lowest BCUT2D eigenvalue weighted by molar-refractivity contribution is 0.0593. The van der Waals surface area contributed by atoms with Crippen LogP contribution in [-0.4, -0.2) is 18.1 Å². The minimum Gasteiger partial charge on any atom is -0.464 e.